The number of nitrogens with zero attached hydrogens (tertiary/aromatic N) is 1. The molecule has 1 saturated carbocycles. The topological polar surface area (TPSA) is 32.3 Å². The number of anilines is 2. The van der Waals surface area contributed by atoms with Gasteiger partial charge in [0.15, 0.2) is 0 Å². The lowest BCUT2D eigenvalue weighted by atomic mass is 9.89. The Labute approximate surface area is 148 Å². The van der Waals surface area contributed by atoms with Crippen molar-refractivity contribution in [3.8, 4) is 0 Å². The summed E-state index contributed by atoms with van der Waals surface area (Å²) in [5.74, 6) is 0.239. The number of halogens is 1. The minimum Gasteiger partial charge on any atom is -0.337 e. The van der Waals surface area contributed by atoms with Gasteiger partial charge < -0.3 is 5.32 Å². The summed E-state index contributed by atoms with van der Waals surface area (Å²) in [7, 11) is 0. The summed E-state index contributed by atoms with van der Waals surface area (Å²) in [6.45, 7) is 2.39. The molecular weight excluding hydrogens is 315 g/mol. The van der Waals surface area contributed by atoms with Crippen molar-refractivity contribution in [3.05, 3.63) is 59.9 Å². The maximum Gasteiger partial charge on any atom is 0.326 e. The molecule has 2 amide bonds. The van der Waals surface area contributed by atoms with Crippen LogP contribution in [0.5, 0.6) is 0 Å². The highest BCUT2D eigenvalue weighted by molar-refractivity contribution is 5.99. The van der Waals surface area contributed by atoms with Crippen LogP contribution in [0.2, 0.25) is 0 Å². The summed E-state index contributed by atoms with van der Waals surface area (Å²) < 4.78 is 14.0. The van der Waals surface area contributed by atoms with Gasteiger partial charge >= 0.3 is 6.03 Å². The summed E-state index contributed by atoms with van der Waals surface area (Å²) in [6, 6.07) is 14.1. The standard InChI is InChI=1S/C21H25FN2O/c1-16-12-13-19(14-20(16)22)24(18-10-6-3-7-11-18)21(25)23-15-17-8-4-2-5-9-17/h3,6-7,10-14,17H,2,4-5,8-9,15H2,1H3,(H,23,25). The molecule has 0 bridgehead atoms. The summed E-state index contributed by atoms with van der Waals surface area (Å²) in [5.41, 5.74) is 1.83. The van der Waals surface area contributed by atoms with Crippen molar-refractivity contribution >= 4 is 17.4 Å². The molecule has 0 heterocycles. The average molecular weight is 340 g/mol. The SMILES string of the molecule is Cc1ccc(N(C(=O)NCC2CCCCC2)c2ccccc2)cc1F. The van der Waals surface area contributed by atoms with Crippen LogP contribution in [0.1, 0.15) is 37.7 Å². The molecule has 1 aliphatic carbocycles. The van der Waals surface area contributed by atoms with Crippen molar-refractivity contribution in [2.45, 2.75) is 39.0 Å². The second kappa shape index (κ2) is 8.15. The van der Waals surface area contributed by atoms with Crippen LogP contribution in [0, 0.1) is 18.7 Å². The molecule has 1 N–H and O–H groups in total. The molecule has 0 unspecified atom stereocenters. The first kappa shape index (κ1) is 17.5. The van der Waals surface area contributed by atoms with Crippen LogP contribution in [0.15, 0.2) is 48.5 Å². The fourth-order valence-electron chi connectivity index (χ4n) is 3.38. The normalized spacial score (nSPS) is 15.0. The first-order valence-electron chi connectivity index (χ1n) is 9.04. The van der Waals surface area contributed by atoms with Crippen LogP contribution in [0.25, 0.3) is 0 Å². The summed E-state index contributed by atoms with van der Waals surface area (Å²) in [6.07, 6.45) is 6.12. The molecule has 2 aromatic carbocycles. The zero-order valence-corrected chi connectivity index (χ0v) is 14.7. The number of hydrogen-bond donors (Lipinski definition) is 1. The van der Waals surface area contributed by atoms with Crippen molar-refractivity contribution in [3.63, 3.8) is 0 Å². The third-order valence-electron chi connectivity index (χ3n) is 4.90. The fourth-order valence-corrected chi connectivity index (χ4v) is 3.38. The van der Waals surface area contributed by atoms with E-state index in [1.165, 1.54) is 38.2 Å². The molecule has 3 nitrogen and oxygen atoms in total. The van der Waals surface area contributed by atoms with E-state index in [1.807, 2.05) is 30.3 Å². The minimum atomic E-state index is -0.307. The maximum atomic E-state index is 14.0. The number of carbonyl (C=O) groups excluding carboxylic acids is 1. The Hall–Kier alpha value is -2.36. The molecule has 0 atom stereocenters. The number of urea groups is 1. The van der Waals surface area contributed by atoms with E-state index in [9.17, 15) is 9.18 Å². The highest BCUT2D eigenvalue weighted by Crippen LogP contribution is 2.27. The van der Waals surface area contributed by atoms with E-state index < -0.39 is 0 Å². The van der Waals surface area contributed by atoms with E-state index in [0.717, 1.165) is 5.69 Å². The van der Waals surface area contributed by atoms with Gasteiger partial charge in [0.05, 0.1) is 11.4 Å². The molecule has 0 aliphatic heterocycles. The second-order valence-corrected chi connectivity index (χ2v) is 6.79. The van der Waals surface area contributed by atoms with E-state index in [-0.39, 0.29) is 11.8 Å². The van der Waals surface area contributed by atoms with Gasteiger partial charge in [-0.1, -0.05) is 43.5 Å². The van der Waals surface area contributed by atoms with E-state index in [4.69, 9.17) is 0 Å². The molecule has 1 aliphatic rings. The molecular formula is C21H25FN2O. The summed E-state index contributed by atoms with van der Waals surface area (Å²) in [4.78, 5) is 14.4. The smallest absolute Gasteiger partial charge is 0.326 e. The van der Waals surface area contributed by atoms with Crippen molar-refractivity contribution in [2.75, 3.05) is 11.4 Å². The Morgan fingerprint density at radius 3 is 2.48 bits per heavy atom. The van der Waals surface area contributed by atoms with Crippen LogP contribution in [0.4, 0.5) is 20.6 Å². The lowest BCUT2D eigenvalue weighted by Crippen LogP contribution is -2.39. The van der Waals surface area contributed by atoms with E-state index in [1.54, 1.807) is 24.0 Å². The number of aryl methyl sites for hydroxylation is 1. The molecule has 4 heteroatoms. The molecule has 0 radical (unpaired) electrons. The Kier molecular flexibility index (Phi) is 5.69. The van der Waals surface area contributed by atoms with Crippen LogP contribution in [0.3, 0.4) is 0 Å². The lowest BCUT2D eigenvalue weighted by Gasteiger charge is -2.26. The zero-order valence-electron chi connectivity index (χ0n) is 14.7. The zero-order chi connectivity index (χ0) is 17.6. The number of nitrogens with one attached hydrogen (secondary N) is 1. The van der Waals surface area contributed by atoms with Crippen LogP contribution in [-0.4, -0.2) is 12.6 Å². The molecule has 2 aromatic rings. The average Bonchev–Trinajstić information content (AvgIpc) is 2.65. The summed E-state index contributed by atoms with van der Waals surface area (Å²) in [5, 5.41) is 3.05. The molecule has 0 aromatic heterocycles. The Morgan fingerprint density at radius 1 is 1.08 bits per heavy atom. The quantitative estimate of drug-likeness (QED) is 0.776. The number of hydrogen-bond acceptors (Lipinski definition) is 1. The highest BCUT2D eigenvalue weighted by Gasteiger charge is 2.21. The predicted molar refractivity (Wildman–Crippen MR) is 99.7 cm³/mol. The van der Waals surface area contributed by atoms with E-state index in [2.05, 4.69) is 5.32 Å². The molecule has 132 valence electrons. The molecule has 25 heavy (non-hydrogen) atoms. The second-order valence-electron chi connectivity index (χ2n) is 6.79. The first-order valence-corrected chi connectivity index (χ1v) is 9.04. The first-order chi connectivity index (χ1) is 12.1. The predicted octanol–water partition coefficient (Wildman–Crippen LogP) is 5.56. The molecule has 0 saturated heterocycles. The molecule has 3 rings (SSSR count). The third kappa shape index (κ3) is 4.38. The van der Waals surface area contributed by atoms with Crippen molar-refractivity contribution in [1.29, 1.82) is 0 Å². The highest BCUT2D eigenvalue weighted by atomic mass is 19.1. The van der Waals surface area contributed by atoms with Gasteiger partial charge in [0.1, 0.15) is 5.82 Å². The van der Waals surface area contributed by atoms with Gasteiger partial charge in [-0.3, -0.25) is 4.90 Å². The number of para-hydroxylation sites is 1. The Bertz CT molecular complexity index is 711. The van der Waals surface area contributed by atoms with Crippen LogP contribution in [-0.2, 0) is 0 Å². The lowest BCUT2D eigenvalue weighted by molar-refractivity contribution is 0.244. The van der Waals surface area contributed by atoms with E-state index >= 15 is 0 Å². The number of carbonyl (C=O) groups is 1. The van der Waals surface area contributed by atoms with Gasteiger partial charge in [-0.15, -0.1) is 0 Å². The maximum absolute atomic E-state index is 14.0. The van der Waals surface area contributed by atoms with Crippen LogP contribution >= 0.6 is 0 Å². The molecule has 0 spiro atoms. The third-order valence-corrected chi connectivity index (χ3v) is 4.90. The fraction of sp³-hybridized carbons (Fsp3) is 0.381. The van der Waals surface area contributed by atoms with Crippen molar-refractivity contribution in [1.82, 2.24) is 5.32 Å². The van der Waals surface area contributed by atoms with Gasteiger partial charge in [-0.05, 0) is 55.5 Å². The van der Waals surface area contributed by atoms with Crippen molar-refractivity contribution < 1.29 is 9.18 Å². The van der Waals surface area contributed by atoms with E-state index in [0.29, 0.717) is 23.7 Å². The van der Waals surface area contributed by atoms with Gasteiger partial charge in [-0.2, -0.15) is 0 Å². The minimum absolute atomic E-state index is 0.208. The van der Waals surface area contributed by atoms with Crippen LogP contribution < -0.4 is 10.2 Å². The van der Waals surface area contributed by atoms with Gasteiger partial charge in [0.2, 0.25) is 0 Å². The summed E-state index contributed by atoms with van der Waals surface area (Å²) >= 11 is 0. The number of amides is 2. The number of rotatable bonds is 4. The monoisotopic (exact) mass is 340 g/mol. The van der Waals surface area contributed by atoms with Gasteiger partial charge in [0, 0.05) is 6.54 Å². The van der Waals surface area contributed by atoms with Gasteiger partial charge in [0.25, 0.3) is 0 Å². The Balaban J connectivity index is 1.80. The van der Waals surface area contributed by atoms with Gasteiger partial charge in [-0.25, -0.2) is 9.18 Å². The number of benzene rings is 2. The largest absolute Gasteiger partial charge is 0.337 e. The Morgan fingerprint density at radius 2 is 1.80 bits per heavy atom. The van der Waals surface area contributed by atoms with Crippen molar-refractivity contribution in [2.24, 2.45) is 5.92 Å². The molecule has 1 fully saturated rings.